The van der Waals surface area contributed by atoms with Crippen LogP contribution in [0.15, 0.2) is 83.7 Å². The highest BCUT2D eigenvalue weighted by Crippen LogP contribution is 2.28. The summed E-state index contributed by atoms with van der Waals surface area (Å²) < 4.78 is 1.67. The van der Waals surface area contributed by atoms with Gasteiger partial charge in [0.2, 0.25) is 0 Å². The number of aromatic nitrogens is 2. The first kappa shape index (κ1) is 23.4. The topological polar surface area (TPSA) is 55.2 Å². The van der Waals surface area contributed by atoms with Crippen LogP contribution in [-0.2, 0) is 0 Å². The SMILES string of the molecule is CCC(c1nc2ccccc2c(=O)n1-c1ccccc1)N(CC(C)C)C(=O)c1ccc(C)cc1. The summed E-state index contributed by atoms with van der Waals surface area (Å²) in [5.74, 6) is 0.780. The van der Waals surface area contributed by atoms with Crippen LogP contribution in [0.25, 0.3) is 16.6 Å². The number of aryl methyl sites for hydroxylation is 1. The standard InChI is InChI=1S/C29H31N3O2/c1-5-26(31(19-20(2)3)28(33)22-17-15-21(4)16-18-22)27-30-25-14-10-9-13-24(25)29(34)32(27)23-11-7-6-8-12-23/h6-18,20,26H,5,19H2,1-4H3. The summed E-state index contributed by atoms with van der Waals surface area (Å²) in [5.41, 5.74) is 3.00. The number of carbonyl (C=O) groups excluding carboxylic acids is 1. The molecule has 174 valence electrons. The maximum Gasteiger partial charge on any atom is 0.266 e. The molecule has 0 aliphatic heterocycles. The predicted octanol–water partition coefficient (Wildman–Crippen LogP) is 5.94. The van der Waals surface area contributed by atoms with Crippen LogP contribution < -0.4 is 5.56 Å². The zero-order valence-corrected chi connectivity index (χ0v) is 20.2. The van der Waals surface area contributed by atoms with Gasteiger partial charge in [-0.3, -0.25) is 14.2 Å². The molecular formula is C29H31N3O2. The lowest BCUT2D eigenvalue weighted by molar-refractivity contribution is 0.0631. The van der Waals surface area contributed by atoms with Crippen molar-refractivity contribution in [3.63, 3.8) is 0 Å². The minimum absolute atomic E-state index is 0.0532. The predicted molar refractivity (Wildman–Crippen MR) is 137 cm³/mol. The van der Waals surface area contributed by atoms with E-state index in [4.69, 9.17) is 4.98 Å². The molecule has 4 aromatic rings. The van der Waals surface area contributed by atoms with E-state index in [0.29, 0.717) is 35.3 Å². The van der Waals surface area contributed by atoms with Gasteiger partial charge in [0, 0.05) is 12.1 Å². The molecule has 1 heterocycles. The summed E-state index contributed by atoms with van der Waals surface area (Å²) in [4.78, 5) is 34.3. The Bertz CT molecular complexity index is 1340. The number of amides is 1. The Hall–Kier alpha value is -3.73. The summed E-state index contributed by atoms with van der Waals surface area (Å²) in [5, 5.41) is 0.560. The van der Waals surface area contributed by atoms with E-state index in [-0.39, 0.29) is 23.4 Å². The van der Waals surface area contributed by atoms with E-state index in [1.807, 2.05) is 91.5 Å². The van der Waals surface area contributed by atoms with Crippen LogP contribution in [0.3, 0.4) is 0 Å². The van der Waals surface area contributed by atoms with E-state index in [0.717, 1.165) is 11.3 Å². The molecule has 4 rings (SSSR count). The average molecular weight is 454 g/mol. The zero-order chi connectivity index (χ0) is 24.2. The highest BCUT2D eigenvalue weighted by Gasteiger charge is 2.30. The van der Waals surface area contributed by atoms with E-state index in [1.54, 1.807) is 10.6 Å². The number of hydrogen-bond donors (Lipinski definition) is 0. The summed E-state index contributed by atoms with van der Waals surface area (Å²) in [6.07, 6.45) is 0.627. The second-order valence-corrected chi connectivity index (χ2v) is 9.10. The third-order valence-electron chi connectivity index (χ3n) is 6.00. The Morgan fingerprint density at radius 2 is 1.59 bits per heavy atom. The quantitative estimate of drug-likeness (QED) is 0.348. The second-order valence-electron chi connectivity index (χ2n) is 9.10. The summed E-state index contributed by atoms with van der Waals surface area (Å²) in [6, 6.07) is 24.2. The molecule has 5 heteroatoms. The van der Waals surface area contributed by atoms with Gasteiger partial charge in [0.05, 0.1) is 22.6 Å². The monoisotopic (exact) mass is 453 g/mol. The minimum Gasteiger partial charge on any atom is -0.328 e. The van der Waals surface area contributed by atoms with E-state index in [9.17, 15) is 9.59 Å². The van der Waals surface area contributed by atoms with Gasteiger partial charge < -0.3 is 4.90 Å². The average Bonchev–Trinajstić information content (AvgIpc) is 2.84. The minimum atomic E-state index is -0.367. The molecule has 0 bridgehead atoms. The molecule has 0 aliphatic rings. The molecule has 5 nitrogen and oxygen atoms in total. The van der Waals surface area contributed by atoms with Gasteiger partial charge in [0.15, 0.2) is 0 Å². The van der Waals surface area contributed by atoms with Crippen LogP contribution in [0, 0.1) is 12.8 Å². The molecule has 1 unspecified atom stereocenters. The van der Waals surface area contributed by atoms with Crippen LogP contribution in [-0.4, -0.2) is 26.9 Å². The number of carbonyl (C=O) groups is 1. The fourth-order valence-electron chi connectivity index (χ4n) is 4.35. The highest BCUT2D eigenvalue weighted by atomic mass is 16.2. The van der Waals surface area contributed by atoms with Gasteiger partial charge in [0.1, 0.15) is 5.82 Å². The molecule has 0 saturated carbocycles. The van der Waals surface area contributed by atoms with Crippen molar-refractivity contribution >= 4 is 16.8 Å². The molecule has 1 amide bonds. The molecule has 0 spiro atoms. The summed E-state index contributed by atoms with van der Waals surface area (Å²) >= 11 is 0. The van der Waals surface area contributed by atoms with Crippen molar-refractivity contribution in [2.45, 2.75) is 40.2 Å². The normalized spacial score (nSPS) is 12.1. The molecule has 0 saturated heterocycles. The zero-order valence-electron chi connectivity index (χ0n) is 20.2. The number of nitrogens with zero attached hydrogens (tertiary/aromatic N) is 3. The van der Waals surface area contributed by atoms with Gasteiger partial charge in [-0.2, -0.15) is 0 Å². The van der Waals surface area contributed by atoms with Crippen molar-refractivity contribution in [3.8, 4) is 5.69 Å². The van der Waals surface area contributed by atoms with Gasteiger partial charge >= 0.3 is 0 Å². The molecule has 0 aliphatic carbocycles. The molecule has 0 fully saturated rings. The van der Waals surface area contributed by atoms with Crippen molar-refractivity contribution in [1.82, 2.24) is 14.5 Å². The Morgan fingerprint density at radius 3 is 2.24 bits per heavy atom. The first-order valence-corrected chi connectivity index (χ1v) is 11.9. The summed E-state index contributed by atoms with van der Waals surface area (Å²) in [6.45, 7) is 8.80. The number of para-hydroxylation sites is 2. The third-order valence-corrected chi connectivity index (χ3v) is 6.00. The van der Waals surface area contributed by atoms with Crippen LogP contribution in [0.5, 0.6) is 0 Å². The number of rotatable bonds is 7. The van der Waals surface area contributed by atoms with Gasteiger partial charge in [-0.25, -0.2) is 4.98 Å². The fourth-order valence-corrected chi connectivity index (χ4v) is 4.35. The lowest BCUT2D eigenvalue weighted by atomic mass is 10.0. The molecule has 0 N–H and O–H groups in total. The van der Waals surface area contributed by atoms with Crippen LogP contribution in [0.2, 0.25) is 0 Å². The smallest absolute Gasteiger partial charge is 0.266 e. The number of fused-ring (bicyclic) bond motifs is 1. The Kier molecular flexibility index (Phi) is 6.92. The molecule has 1 atom stereocenters. The highest BCUT2D eigenvalue weighted by molar-refractivity contribution is 5.94. The Labute approximate surface area is 200 Å². The van der Waals surface area contributed by atoms with Crippen LogP contribution in [0.1, 0.15) is 55.0 Å². The van der Waals surface area contributed by atoms with E-state index < -0.39 is 0 Å². The Morgan fingerprint density at radius 1 is 0.941 bits per heavy atom. The fraction of sp³-hybridized carbons (Fsp3) is 0.276. The molecular weight excluding hydrogens is 422 g/mol. The first-order valence-electron chi connectivity index (χ1n) is 11.9. The maximum atomic E-state index is 13.8. The molecule has 3 aromatic carbocycles. The van der Waals surface area contributed by atoms with Crippen molar-refractivity contribution < 1.29 is 4.79 Å². The second kappa shape index (κ2) is 10.0. The van der Waals surface area contributed by atoms with Crippen LogP contribution in [0.4, 0.5) is 0 Å². The molecule has 0 radical (unpaired) electrons. The summed E-state index contributed by atoms with van der Waals surface area (Å²) in [7, 11) is 0. The Balaban J connectivity index is 1.94. The lowest BCUT2D eigenvalue weighted by Crippen LogP contribution is -2.40. The van der Waals surface area contributed by atoms with Crippen molar-refractivity contribution in [3.05, 3.63) is 106 Å². The first-order chi connectivity index (χ1) is 16.4. The number of benzene rings is 3. The van der Waals surface area contributed by atoms with Crippen LogP contribution >= 0.6 is 0 Å². The lowest BCUT2D eigenvalue weighted by Gasteiger charge is -2.33. The van der Waals surface area contributed by atoms with Gasteiger partial charge in [-0.05, 0) is 55.7 Å². The maximum absolute atomic E-state index is 13.8. The third kappa shape index (κ3) is 4.65. The van der Waals surface area contributed by atoms with Gasteiger partial charge in [0.25, 0.3) is 11.5 Å². The van der Waals surface area contributed by atoms with Gasteiger partial charge in [-0.1, -0.05) is 68.8 Å². The van der Waals surface area contributed by atoms with E-state index in [1.165, 1.54) is 0 Å². The van der Waals surface area contributed by atoms with E-state index in [2.05, 4.69) is 13.8 Å². The van der Waals surface area contributed by atoms with Crippen molar-refractivity contribution in [1.29, 1.82) is 0 Å². The molecule has 1 aromatic heterocycles. The van der Waals surface area contributed by atoms with Crippen molar-refractivity contribution in [2.24, 2.45) is 5.92 Å². The van der Waals surface area contributed by atoms with Gasteiger partial charge in [-0.15, -0.1) is 0 Å². The molecule has 34 heavy (non-hydrogen) atoms. The van der Waals surface area contributed by atoms with E-state index >= 15 is 0 Å². The number of hydrogen-bond acceptors (Lipinski definition) is 3. The van der Waals surface area contributed by atoms with Crippen molar-refractivity contribution in [2.75, 3.05) is 6.54 Å². The largest absolute Gasteiger partial charge is 0.328 e.